The second-order valence-electron chi connectivity index (χ2n) is 7.96. The lowest BCUT2D eigenvalue weighted by molar-refractivity contribution is -0.128. The van der Waals surface area contributed by atoms with E-state index in [1.807, 2.05) is 0 Å². The predicted molar refractivity (Wildman–Crippen MR) is 118 cm³/mol. The van der Waals surface area contributed by atoms with E-state index in [1.54, 1.807) is 12.1 Å². The van der Waals surface area contributed by atoms with Gasteiger partial charge >= 0.3 is 0 Å². The van der Waals surface area contributed by atoms with Crippen molar-refractivity contribution in [3.05, 3.63) is 63.3 Å². The number of aromatic hydroxyl groups is 1. The summed E-state index contributed by atoms with van der Waals surface area (Å²) in [6.45, 7) is 0.315. The van der Waals surface area contributed by atoms with Gasteiger partial charge in [-0.25, -0.2) is 4.39 Å². The summed E-state index contributed by atoms with van der Waals surface area (Å²) >= 11 is 0. The van der Waals surface area contributed by atoms with E-state index in [4.69, 9.17) is 4.74 Å². The smallest absolute Gasteiger partial charge is 0.268 e. The van der Waals surface area contributed by atoms with Crippen LogP contribution in [0.2, 0.25) is 0 Å². The maximum absolute atomic E-state index is 13.4. The first kappa shape index (κ1) is 21.8. The van der Waals surface area contributed by atoms with Gasteiger partial charge in [-0.15, -0.1) is 0 Å². The molecule has 2 amide bonds. The Labute approximate surface area is 191 Å². The standard InChI is InChI=1S/C22H21FN6O5/c1-24-19(31)13-8-29-16-15(17(30)14(21(29)33)20(32)28-22-26-9-27-22)25-7-11(18(16)34-13)6-10-2-4-12(23)5-3-10/h2-5,7,13,22,26-27,30H,6,8-9H2,1H3,(H,24,31)(H,28,32)/t13-/m1/s1. The van der Waals surface area contributed by atoms with Gasteiger partial charge in [-0.05, 0) is 17.7 Å². The van der Waals surface area contributed by atoms with Gasteiger partial charge in [0.15, 0.2) is 17.6 Å². The van der Waals surface area contributed by atoms with Crippen molar-refractivity contribution in [3.63, 3.8) is 0 Å². The molecule has 5 N–H and O–H groups in total. The Morgan fingerprint density at radius 3 is 2.68 bits per heavy atom. The fraction of sp³-hybridized carbons (Fsp3) is 0.273. The van der Waals surface area contributed by atoms with Crippen molar-refractivity contribution in [1.82, 2.24) is 30.8 Å². The molecule has 1 saturated heterocycles. The summed E-state index contributed by atoms with van der Waals surface area (Å²) in [5.74, 6) is -2.02. The molecule has 2 aliphatic rings. The zero-order valence-electron chi connectivity index (χ0n) is 18.0. The molecule has 0 spiro atoms. The molecule has 1 fully saturated rings. The summed E-state index contributed by atoms with van der Waals surface area (Å²) in [6.07, 6.45) is 0.128. The van der Waals surface area contributed by atoms with Crippen LogP contribution < -0.4 is 31.6 Å². The number of carbonyl (C=O) groups excluding carboxylic acids is 2. The number of nitrogens with zero attached hydrogens (tertiary/aromatic N) is 2. The average Bonchev–Trinajstić information content (AvgIpc) is 2.81. The fourth-order valence-electron chi connectivity index (χ4n) is 4.01. The molecule has 11 nitrogen and oxygen atoms in total. The Morgan fingerprint density at radius 2 is 2.03 bits per heavy atom. The topological polar surface area (TPSA) is 147 Å². The van der Waals surface area contributed by atoms with Gasteiger partial charge in [-0.3, -0.25) is 34.6 Å². The second-order valence-corrected chi connectivity index (χ2v) is 7.96. The van der Waals surface area contributed by atoms with Crippen LogP contribution in [0.15, 0.2) is 35.3 Å². The van der Waals surface area contributed by atoms with E-state index < -0.39 is 41.1 Å². The normalized spacial score (nSPS) is 17.1. The number of ether oxygens (including phenoxy) is 1. The number of benzene rings is 1. The van der Waals surface area contributed by atoms with Crippen molar-refractivity contribution in [3.8, 4) is 11.5 Å². The molecule has 0 radical (unpaired) electrons. The monoisotopic (exact) mass is 468 g/mol. The summed E-state index contributed by atoms with van der Waals surface area (Å²) < 4.78 is 20.5. The Hall–Kier alpha value is -4.03. The Balaban J connectivity index is 1.67. The third-order valence-corrected chi connectivity index (χ3v) is 5.84. The molecule has 1 aromatic carbocycles. The van der Waals surface area contributed by atoms with Crippen molar-refractivity contribution in [1.29, 1.82) is 0 Å². The zero-order valence-corrected chi connectivity index (χ0v) is 18.0. The maximum Gasteiger partial charge on any atom is 0.268 e. The minimum absolute atomic E-state index is 0.00695. The molecular weight excluding hydrogens is 447 g/mol. The summed E-state index contributed by atoms with van der Waals surface area (Å²) in [5.41, 5.74) is 0.192. The van der Waals surface area contributed by atoms with Crippen LogP contribution in [0.3, 0.4) is 0 Å². The van der Waals surface area contributed by atoms with E-state index in [0.717, 1.165) is 5.56 Å². The number of pyridine rings is 2. The van der Waals surface area contributed by atoms with Crippen molar-refractivity contribution >= 4 is 22.8 Å². The van der Waals surface area contributed by atoms with Crippen molar-refractivity contribution in [2.75, 3.05) is 13.7 Å². The number of rotatable bonds is 5. The van der Waals surface area contributed by atoms with E-state index in [-0.39, 0.29) is 35.6 Å². The number of carbonyl (C=O) groups is 2. The van der Waals surface area contributed by atoms with Gasteiger partial charge in [0.05, 0.1) is 13.2 Å². The van der Waals surface area contributed by atoms with Crippen LogP contribution in [0.25, 0.3) is 11.0 Å². The highest BCUT2D eigenvalue weighted by atomic mass is 19.1. The van der Waals surface area contributed by atoms with Crippen LogP contribution in [0, 0.1) is 5.82 Å². The lowest BCUT2D eigenvalue weighted by Gasteiger charge is -2.31. The molecule has 2 aliphatic heterocycles. The Bertz CT molecular complexity index is 1370. The fourth-order valence-corrected chi connectivity index (χ4v) is 4.01. The third kappa shape index (κ3) is 3.62. The molecule has 0 bridgehead atoms. The summed E-state index contributed by atoms with van der Waals surface area (Å²) in [5, 5.41) is 21.7. The Morgan fingerprint density at radius 1 is 1.29 bits per heavy atom. The number of hydrogen-bond donors (Lipinski definition) is 5. The summed E-state index contributed by atoms with van der Waals surface area (Å²) in [4.78, 5) is 42.9. The van der Waals surface area contributed by atoms with Gasteiger partial charge in [0.1, 0.15) is 28.7 Å². The van der Waals surface area contributed by atoms with Crippen molar-refractivity contribution in [2.24, 2.45) is 0 Å². The highest BCUT2D eigenvalue weighted by Crippen LogP contribution is 2.37. The first-order valence-corrected chi connectivity index (χ1v) is 10.5. The van der Waals surface area contributed by atoms with Crippen molar-refractivity contribution in [2.45, 2.75) is 25.4 Å². The predicted octanol–water partition coefficient (Wildman–Crippen LogP) is -0.497. The maximum atomic E-state index is 13.4. The molecule has 2 aromatic heterocycles. The molecule has 4 heterocycles. The first-order valence-electron chi connectivity index (χ1n) is 10.5. The molecule has 34 heavy (non-hydrogen) atoms. The molecule has 3 aromatic rings. The highest BCUT2D eigenvalue weighted by Gasteiger charge is 2.34. The van der Waals surface area contributed by atoms with Gasteiger partial charge in [0.2, 0.25) is 0 Å². The molecule has 12 heteroatoms. The summed E-state index contributed by atoms with van der Waals surface area (Å²) in [7, 11) is 1.44. The second kappa shape index (κ2) is 8.39. The quantitative estimate of drug-likeness (QED) is 0.337. The molecule has 0 unspecified atom stereocenters. The number of likely N-dealkylation sites (N-methyl/N-ethyl adjacent to an activating group) is 1. The van der Waals surface area contributed by atoms with E-state index in [9.17, 15) is 23.9 Å². The average molecular weight is 468 g/mol. The van der Waals surface area contributed by atoms with E-state index in [0.29, 0.717) is 12.2 Å². The van der Waals surface area contributed by atoms with Crippen LogP contribution in [0.4, 0.5) is 4.39 Å². The minimum Gasteiger partial charge on any atom is -0.505 e. The van der Waals surface area contributed by atoms with Crippen LogP contribution in [-0.2, 0) is 17.8 Å². The number of halogens is 1. The molecule has 176 valence electrons. The van der Waals surface area contributed by atoms with Crippen LogP contribution in [-0.4, -0.2) is 52.6 Å². The van der Waals surface area contributed by atoms with Crippen LogP contribution >= 0.6 is 0 Å². The van der Waals surface area contributed by atoms with Gasteiger partial charge < -0.3 is 20.5 Å². The van der Waals surface area contributed by atoms with Gasteiger partial charge in [0.25, 0.3) is 17.4 Å². The van der Waals surface area contributed by atoms with Crippen LogP contribution in [0.5, 0.6) is 11.5 Å². The van der Waals surface area contributed by atoms with E-state index >= 15 is 0 Å². The molecule has 0 aliphatic carbocycles. The first-order chi connectivity index (χ1) is 16.4. The largest absolute Gasteiger partial charge is 0.505 e. The van der Waals surface area contributed by atoms with Crippen LogP contribution in [0.1, 0.15) is 21.5 Å². The third-order valence-electron chi connectivity index (χ3n) is 5.84. The Kier molecular flexibility index (Phi) is 5.38. The number of amides is 2. The lowest BCUT2D eigenvalue weighted by atomic mass is 10.0. The number of nitrogens with one attached hydrogen (secondary N) is 4. The van der Waals surface area contributed by atoms with Crippen molar-refractivity contribution < 1.29 is 23.8 Å². The zero-order chi connectivity index (χ0) is 24.0. The molecular formula is C22H21FN6O5. The highest BCUT2D eigenvalue weighted by molar-refractivity contribution is 6.02. The molecule has 5 rings (SSSR count). The molecule has 0 saturated carbocycles. The molecule has 1 atom stereocenters. The lowest BCUT2D eigenvalue weighted by Crippen LogP contribution is -2.67. The van der Waals surface area contributed by atoms with E-state index in [2.05, 4.69) is 26.3 Å². The SMILES string of the molecule is CNC(=O)[C@H]1Cn2c(=O)c(C(=O)NC3NCN3)c(O)c3ncc(Cc4ccc(F)cc4)c(c32)O1. The number of aromatic nitrogens is 2. The minimum atomic E-state index is -1.05. The van der Waals surface area contributed by atoms with E-state index in [1.165, 1.54) is 29.9 Å². The number of hydrogen-bond acceptors (Lipinski definition) is 8. The van der Waals surface area contributed by atoms with Gasteiger partial charge in [-0.2, -0.15) is 0 Å². The summed E-state index contributed by atoms with van der Waals surface area (Å²) in [6, 6.07) is 5.85. The van der Waals surface area contributed by atoms with Gasteiger partial charge in [0, 0.05) is 25.2 Å². The van der Waals surface area contributed by atoms with Gasteiger partial charge in [-0.1, -0.05) is 12.1 Å².